The van der Waals surface area contributed by atoms with Gasteiger partial charge in [-0.05, 0) is 41.2 Å². The maximum absolute atomic E-state index is 5.87. The van der Waals surface area contributed by atoms with Gasteiger partial charge in [-0.25, -0.2) is 4.98 Å². The fraction of sp³-hybridized carbons (Fsp3) is 0.786. The molecular formula is C14H26N2OS. The molecule has 0 aromatic carbocycles. The predicted molar refractivity (Wildman–Crippen MR) is 78.5 cm³/mol. The van der Waals surface area contributed by atoms with Crippen molar-refractivity contribution in [3.8, 4) is 0 Å². The summed E-state index contributed by atoms with van der Waals surface area (Å²) in [5.41, 5.74) is 0.984. The molecule has 1 unspecified atom stereocenters. The first kappa shape index (κ1) is 15.6. The molecule has 1 aromatic heterocycles. The lowest BCUT2D eigenvalue weighted by molar-refractivity contribution is -0.0377. The molecule has 0 saturated heterocycles. The van der Waals surface area contributed by atoms with Crippen molar-refractivity contribution < 1.29 is 4.74 Å². The predicted octanol–water partition coefficient (Wildman–Crippen LogP) is 3.10. The summed E-state index contributed by atoms with van der Waals surface area (Å²) in [5.74, 6) is 0. The molecule has 104 valence electrons. The van der Waals surface area contributed by atoms with E-state index in [2.05, 4.69) is 44.9 Å². The van der Waals surface area contributed by atoms with Crippen LogP contribution in [0.25, 0.3) is 0 Å². The highest BCUT2D eigenvalue weighted by atomic mass is 32.1. The molecule has 4 heteroatoms. The van der Waals surface area contributed by atoms with Crippen LogP contribution in [0.4, 0.5) is 0 Å². The van der Waals surface area contributed by atoms with Crippen molar-refractivity contribution in [2.75, 3.05) is 13.2 Å². The van der Waals surface area contributed by atoms with E-state index in [4.69, 9.17) is 4.74 Å². The Kier molecular flexibility index (Phi) is 5.76. The molecule has 3 nitrogen and oxygen atoms in total. The SMILES string of the molecule is CCNC(Cc1nc(C)c(C)s1)C(C)(C)OCC. The molecule has 0 fully saturated rings. The number of likely N-dealkylation sites (N-methyl/N-ethyl adjacent to an activating group) is 1. The van der Waals surface area contributed by atoms with Crippen LogP contribution in [-0.2, 0) is 11.2 Å². The zero-order valence-corrected chi connectivity index (χ0v) is 13.3. The van der Waals surface area contributed by atoms with E-state index < -0.39 is 0 Å². The number of nitrogens with one attached hydrogen (secondary N) is 1. The van der Waals surface area contributed by atoms with Gasteiger partial charge in [-0.15, -0.1) is 11.3 Å². The van der Waals surface area contributed by atoms with Gasteiger partial charge in [0.1, 0.15) is 0 Å². The molecular weight excluding hydrogens is 244 g/mol. The summed E-state index contributed by atoms with van der Waals surface area (Å²) in [6.45, 7) is 14.4. The van der Waals surface area contributed by atoms with Crippen LogP contribution in [0.3, 0.4) is 0 Å². The summed E-state index contributed by atoms with van der Waals surface area (Å²) in [4.78, 5) is 5.94. The molecule has 18 heavy (non-hydrogen) atoms. The summed E-state index contributed by atoms with van der Waals surface area (Å²) < 4.78 is 5.87. The minimum atomic E-state index is -0.168. The number of hydrogen-bond acceptors (Lipinski definition) is 4. The number of aryl methyl sites for hydroxylation is 2. The summed E-state index contributed by atoms with van der Waals surface area (Å²) >= 11 is 1.80. The van der Waals surface area contributed by atoms with Crippen LogP contribution < -0.4 is 5.32 Å². The fourth-order valence-corrected chi connectivity index (χ4v) is 3.06. The van der Waals surface area contributed by atoms with Crippen molar-refractivity contribution in [3.63, 3.8) is 0 Å². The Labute approximate surface area is 115 Å². The third-order valence-corrected chi connectivity index (χ3v) is 4.35. The second-order valence-corrected chi connectivity index (χ2v) is 6.39. The van der Waals surface area contributed by atoms with Crippen molar-refractivity contribution in [1.82, 2.24) is 10.3 Å². The van der Waals surface area contributed by atoms with Gasteiger partial charge in [0.05, 0.1) is 16.3 Å². The molecule has 1 heterocycles. The summed E-state index contributed by atoms with van der Waals surface area (Å²) in [5, 5.41) is 4.72. The Bertz CT molecular complexity index is 354. The molecule has 1 atom stereocenters. The molecule has 1 aromatic rings. The molecule has 0 aliphatic rings. The van der Waals surface area contributed by atoms with Gasteiger partial charge in [0.15, 0.2) is 0 Å². The van der Waals surface area contributed by atoms with Crippen molar-refractivity contribution in [2.24, 2.45) is 0 Å². The molecule has 0 amide bonds. The highest BCUT2D eigenvalue weighted by molar-refractivity contribution is 7.11. The Hall–Kier alpha value is -0.450. The zero-order chi connectivity index (χ0) is 13.8. The molecule has 0 radical (unpaired) electrons. The maximum Gasteiger partial charge on any atom is 0.0947 e. The first-order chi connectivity index (χ1) is 8.40. The minimum absolute atomic E-state index is 0.168. The number of ether oxygens (including phenoxy) is 1. The van der Waals surface area contributed by atoms with Crippen LogP contribution in [-0.4, -0.2) is 29.8 Å². The average molecular weight is 270 g/mol. The standard InChI is InChI=1S/C14H26N2OS/c1-7-15-12(14(5,6)17-8-2)9-13-16-10(3)11(4)18-13/h12,15H,7-9H2,1-6H3. The quantitative estimate of drug-likeness (QED) is 0.826. The van der Waals surface area contributed by atoms with Gasteiger partial charge in [-0.1, -0.05) is 6.92 Å². The Morgan fingerprint density at radius 3 is 2.44 bits per heavy atom. The first-order valence-electron chi connectivity index (χ1n) is 6.71. The number of nitrogens with zero attached hydrogens (tertiary/aromatic N) is 1. The molecule has 0 aliphatic heterocycles. The number of aromatic nitrogens is 1. The molecule has 1 N–H and O–H groups in total. The third-order valence-electron chi connectivity index (χ3n) is 3.26. The summed E-state index contributed by atoms with van der Waals surface area (Å²) in [6, 6.07) is 0.299. The van der Waals surface area contributed by atoms with E-state index in [1.807, 2.05) is 6.92 Å². The van der Waals surface area contributed by atoms with E-state index in [1.165, 1.54) is 9.88 Å². The number of thiazole rings is 1. The molecule has 0 aliphatic carbocycles. The topological polar surface area (TPSA) is 34.2 Å². The van der Waals surface area contributed by atoms with Gasteiger partial charge in [-0.3, -0.25) is 0 Å². The largest absolute Gasteiger partial charge is 0.374 e. The van der Waals surface area contributed by atoms with E-state index in [1.54, 1.807) is 11.3 Å². The van der Waals surface area contributed by atoms with Crippen molar-refractivity contribution >= 4 is 11.3 Å². The Balaban J connectivity index is 2.79. The maximum atomic E-state index is 5.87. The highest BCUT2D eigenvalue weighted by Gasteiger charge is 2.30. The van der Waals surface area contributed by atoms with E-state index in [0.29, 0.717) is 6.04 Å². The smallest absolute Gasteiger partial charge is 0.0947 e. The Morgan fingerprint density at radius 1 is 1.33 bits per heavy atom. The van der Waals surface area contributed by atoms with E-state index in [9.17, 15) is 0 Å². The highest BCUT2D eigenvalue weighted by Crippen LogP contribution is 2.23. The fourth-order valence-electron chi connectivity index (χ4n) is 2.08. The Morgan fingerprint density at radius 2 is 2.00 bits per heavy atom. The van der Waals surface area contributed by atoms with Gasteiger partial charge in [0, 0.05) is 23.9 Å². The average Bonchev–Trinajstić information content (AvgIpc) is 2.57. The second kappa shape index (κ2) is 6.64. The summed E-state index contributed by atoms with van der Waals surface area (Å²) in [6.07, 6.45) is 0.931. The van der Waals surface area contributed by atoms with Crippen molar-refractivity contribution in [2.45, 2.75) is 59.6 Å². The van der Waals surface area contributed by atoms with Crippen LogP contribution in [0.2, 0.25) is 0 Å². The number of rotatable bonds is 7. The normalized spacial score (nSPS) is 13.9. The lowest BCUT2D eigenvalue weighted by Crippen LogP contribution is -2.50. The van der Waals surface area contributed by atoms with Crippen molar-refractivity contribution in [1.29, 1.82) is 0 Å². The van der Waals surface area contributed by atoms with Gasteiger partial charge in [0.25, 0.3) is 0 Å². The monoisotopic (exact) mass is 270 g/mol. The lowest BCUT2D eigenvalue weighted by atomic mass is 9.95. The minimum Gasteiger partial charge on any atom is -0.374 e. The zero-order valence-electron chi connectivity index (χ0n) is 12.5. The van der Waals surface area contributed by atoms with Gasteiger partial charge in [0.2, 0.25) is 0 Å². The molecule has 0 saturated carbocycles. The summed E-state index contributed by atoms with van der Waals surface area (Å²) in [7, 11) is 0. The van der Waals surface area contributed by atoms with Crippen LogP contribution in [0, 0.1) is 13.8 Å². The van der Waals surface area contributed by atoms with Crippen molar-refractivity contribution in [3.05, 3.63) is 15.6 Å². The van der Waals surface area contributed by atoms with Gasteiger partial charge < -0.3 is 10.1 Å². The van der Waals surface area contributed by atoms with Gasteiger partial charge >= 0.3 is 0 Å². The number of hydrogen-bond donors (Lipinski definition) is 1. The first-order valence-corrected chi connectivity index (χ1v) is 7.52. The van der Waals surface area contributed by atoms with E-state index in [0.717, 1.165) is 25.3 Å². The lowest BCUT2D eigenvalue weighted by Gasteiger charge is -2.34. The van der Waals surface area contributed by atoms with Crippen LogP contribution in [0.15, 0.2) is 0 Å². The van der Waals surface area contributed by atoms with E-state index >= 15 is 0 Å². The van der Waals surface area contributed by atoms with Crippen LogP contribution in [0.5, 0.6) is 0 Å². The molecule has 0 spiro atoms. The van der Waals surface area contributed by atoms with E-state index in [-0.39, 0.29) is 5.60 Å². The van der Waals surface area contributed by atoms with Crippen LogP contribution in [0.1, 0.15) is 43.3 Å². The third kappa shape index (κ3) is 4.04. The van der Waals surface area contributed by atoms with Crippen LogP contribution >= 0.6 is 11.3 Å². The molecule has 0 bridgehead atoms. The second-order valence-electron chi connectivity index (χ2n) is 5.10. The van der Waals surface area contributed by atoms with Gasteiger partial charge in [-0.2, -0.15) is 0 Å². The molecule has 1 rings (SSSR count).